The predicted molar refractivity (Wildman–Crippen MR) is 137 cm³/mol. The smallest absolute Gasteiger partial charge is 0.408 e. The Labute approximate surface area is 216 Å². The Bertz CT molecular complexity index is 930. The fourth-order valence-corrected chi connectivity index (χ4v) is 4.24. The van der Waals surface area contributed by atoms with E-state index in [4.69, 9.17) is 4.74 Å². The molecule has 2 unspecified atom stereocenters. The van der Waals surface area contributed by atoms with E-state index in [9.17, 15) is 24.3 Å². The van der Waals surface area contributed by atoms with Gasteiger partial charge in [-0.25, -0.2) is 4.79 Å². The Morgan fingerprint density at radius 1 is 1.19 bits per heavy atom. The molecule has 1 fully saturated rings. The first-order valence-electron chi connectivity index (χ1n) is 11.9. The summed E-state index contributed by atoms with van der Waals surface area (Å²) in [5.41, 5.74) is -0.530. The van der Waals surface area contributed by atoms with Crippen LogP contribution < -0.4 is 10.6 Å². The lowest BCUT2D eigenvalue weighted by Gasteiger charge is -2.43. The third kappa shape index (κ3) is 8.32. The first-order valence-corrected chi connectivity index (χ1v) is 13.3. The van der Waals surface area contributed by atoms with Crippen molar-refractivity contribution in [3.05, 3.63) is 29.8 Å². The highest BCUT2D eigenvalue weighted by atomic mass is 32.2. The highest BCUT2D eigenvalue weighted by molar-refractivity contribution is 7.98. The molecule has 36 heavy (non-hydrogen) atoms. The maximum Gasteiger partial charge on any atom is 0.408 e. The highest BCUT2D eigenvalue weighted by Gasteiger charge is 2.42. The molecule has 2 rings (SSSR count). The first kappa shape index (κ1) is 29.3. The van der Waals surface area contributed by atoms with Crippen molar-refractivity contribution in [2.24, 2.45) is 0 Å². The van der Waals surface area contributed by atoms with Crippen LogP contribution >= 0.6 is 11.8 Å². The van der Waals surface area contributed by atoms with E-state index in [-0.39, 0.29) is 17.4 Å². The number of amides is 3. The van der Waals surface area contributed by atoms with Crippen molar-refractivity contribution < 1.29 is 33.8 Å². The van der Waals surface area contributed by atoms with Gasteiger partial charge in [0.05, 0.1) is 7.11 Å². The van der Waals surface area contributed by atoms with Crippen LogP contribution in [-0.2, 0) is 23.9 Å². The number of benzene rings is 1. The monoisotopic (exact) mass is 523 g/mol. The molecule has 1 aromatic carbocycles. The average Bonchev–Trinajstić information content (AvgIpc) is 2.77. The number of hydrogen-bond acceptors (Lipinski definition) is 8. The molecule has 0 aliphatic heterocycles. The van der Waals surface area contributed by atoms with Gasteiger partial charge in [-0.1, -0.05) is 18.2 Å². The van der Waals surface area contributed by atoms with Crippen molar-refractivity contribution in [2.45, 2.75) is 70.2 Å². The van der Waals surface area contributed by atoms with Crippen molar-refractivity contribution in [1.29, 1.82) is 0 Å². The summed E-state index contributed by atoms with van der Waals surface area (Å²) in [7, 11) is 1.21. The van der Waals surface area contributed by atoms with Crippen LogP contribution in [0.3, 0.4) is 0 Å². The van der Waals surface area contributed by atoms with Gasteiger partial charge < -0.3 is 30.1 Å². The van der Waals surface area contributed by atoms with Crippen LogP contribution in [-0.4, -0.2) is 77.2 Å². The Hall–Kier alpha value is -2.95. The van der Waals surface area contributed by atoms with Crippen molar-refractivity contribution in [3.63, 3.8) is 0 Å². The van der Waals surface area contributed by atoms with E-state index in [0.29, 0.717) is 25.0 Å². The lowest BCUT2D eigenvalue weighted by Crippen LogP contribution is -2.57. The molecule has 11 heteroatoms. The number of carbonyl (C=O) groups excluding carboxylic acids is 4. The number of para-hydroxylation sites is 1. The number of phenolic OH excluding ortho intramolecular Hbond substituents is 1. The minimum atomic E-state index is -1.22. The molecular weight excluding hydrogens is 486 g/mol. The SMILES string of the molecule is COC(=O)CNC(=O)C(c1ccccc1O)N(C(=O)C(CCSC)NC(=O)OC(C)(C)C)C1CCC1. The molecule has 0 saturated heterocycles. The summed E-state index contributed by atoms with van der Waals surface area (Å²) in [4.78, 5) is 53.1. The number of hydrogen-bond donors (Lipinski definition) is 3. The van der Waals surface area contributed by atoms with Gasteiger partial charge in [-0.3, -0.25) is 14.4 Å². The Kier molecular flexibility index (Phi) is 10.9. The van der Waals surface area contributed by atoms with Gasteiger partial charge >= 0.3 is 12.1 Å². The second kappa shape index (κ2) is 13.4. The molecule has 1 aliphatic rings. The maximum absolute atomic E-state index is 14.0. The number of ether oxygens (including phenoxy) is 2. The van der Waals surface area contributed by atoms with Gasteiger partial charge in [-0.2, -0.15) is 11.8 Å². The van der Waals surface area contributed by atoms with Gasteiger partial charge in [0.15, 0.2) is 0 Å². The van der Waals surface area contributed by atoms with Crippen molar-refractivity contribution >= 4 is 35.6 Å². The number of methoxy groups -OCH3 is 1. The van der Waals surface area contributed by atoms with Crippen molar-refractivity contribution in [3.8, 4) is 5.75 Å². The fraction of sp³-hybridized carbons (Fsp3) is 0.600. The fourth-order valence-electron chi connectivity index (χ4n) is 3.77. The minimum absolute atomic E-state index is 0.159. The molecule has 0 radical (unpaired) electrons. The Morgan fingerprint density at radius 2 is 1.86 bits per heavy atom. The van der Waals surface area contributed by atoms with Crippen LogP contribution in [0.2, 0.25) is 0 Å². The lowest BCUT2D eigenvalue weighted by molar-refractivity contribution is -0.148. The average molecular weight is 524 g/mol. The zero-order valence-corrected chi connectivity index (χ0v) is 22.4. The van der Waals surface area contributed by atoms with E-state index in [1.54, 1.807) is 39.0 Å². The van der Waals surface area contributed by atoms with E-state index in [0.717, 1.165) is 6.42 Å². The Balaban J connectivity index is 2.46. The molecule has 1 aliphatic carbocycles. The second-order valence-corrected chi connectivity index (χ2v) is 10.6. The van der Waals surface area contributed by atoms with Crippen LogP contribution in [0.25, 0.3) is 0 Å². The molecule has 200 valence electrons. The molecule has 0 aromatic heterocycles. The van der Waals surface area contributed by atoms with Gasteiger partial charge in [-0.05, 0) is 64.5 Å². The number of nitrogens with one attached hydrogen (secondary N) is 2. The lowest BCUT2D eigenvalue weighted by atomic mass is 9.87. The number of aromatic hydroxyl groups is 1. The predicted octanol–water partition coefficient (Wildman–Crippen LogP) is 2.75. The minimum Gasteiger partial charge on any atom is -0.508 e. The molecule has 1 aromatic rings. The van der Waals surface area contributed by atoms with Crippen LogP contribution in [0.15, 0.2) is 24.3 Å². The maximum atomic E-state index is 14.0. The second-order valence-electron chi connectivity index (χ2n) is 9.57. The van der Waals surface area contributed by atoms with Crippen LogP contribution in [0.1, 0.15) is 58.1 Å². The number of carbonyl (C=O) groups is 4. The quantitative estimate of drug-likeness (QED) is 0.377. The van der Waals surface area contributed by atoms with Gasteiger partial charge in [-0.15, -0.1) is 0 Å². The number of alkyl carbamates (subject to hydrolysis) is 1. The molecule has 3 N–H and O–H groups in total. The molecule has 0 heterocycles. The summed E-state index contributed by atoms with van der Waals surface area (Å²) in [5.74, 6) is -1.32. The summed E-state index contributed by atoms with van der Waals surface area (Å²) in [5, 5.41) is 15.8. The number of thioether (sulfide) groups is 1. The molecule has 0 bridgehead atoms. The number of nitrogens with zero attached hydrogens (tertiary/aromatic N) is 1. The Morgan fingerprint density at radius 3 is 2.39 bits per heavy atom. The molecular formula is C25H37N3O7S. The summed E-state index contributed by atoms with van der Waals surface area (Å²) in [6.07, 6.45) is 3.69. The van der Waals surface area contributed by atoms with Crippen LogP contribution in [0.5, 0.6) is 5.75 Å². The van der Waals surface area contributed by atoms with E-state index in [2.05, 4.69) is 15.4 Å². The molecule has 1 saturated carbocycles. The van der Waals surface area contributed by atoms with E-state index in [1.807, 2.05) is 6.26 Å². The van der Waals surface area contributed by atoms with E-state index in [1.165, 1.54) is 29.8 Å². The van der Waals surface area contributed by atoms with Crippen molar-refractivity contribution in [2.75, 3.05) is 25.7 Å². The zero-order valence-electron chi connectivity index (χ0n) is 21.5. The van der Waals surface area contributed by atoms with Gasteiger partial charge in [0.25, 0.3) is 0 Å². The first-order chi connectivity index (χ1) is 17.0. The van der Waals surface area contributed by atoms with Gasteiger partial charge in [0.1, 0.15) is 30.0 Å². The van der Waals surface area contributed by atoms with Gasteiger partial charge in [0, 0.05) is 11.6 Å². The van der Waals surface area contributed by atoms with E-state index < -0.39 is 48.1 Å². The largest absolute Gasteiger partial charge is 0.508 e. The third-order valence-corrected chi connectivity index (χ3v) is 6.36. The summed E-state index contributed by atoms with van der Waals surface area (Å²) in [6, 6.07) is 3.83. The van der Waals surface area contributed by atoms with Crippen LogP contribution in [0.4, 0.5) is 4.79 Å². The number of esters is 1. The molecule has 3 amide bonds. The normalized spacial score (nSPS) is 15.1. The molecule has 0 spiro atoms. The van der Waals surface area contributed by atoms with Crippen molar-refractivity contribution in [1.82, 2.24) is 15.5 Å². The number of phenols is 1. The molecule has 10 nitrogen and oxygen atoms in total. The zero-order chi connectivity index (χ0) is 26.9. The molecule has 2 atom stereocenters. The van der Waals surface area contributed by atoms with E-state index >= 15 is 0 Å². The summed E-state index contributed by atoms with van der Waals surface area (Å²) in [6.45, 7) is 4.79. The van der Waals surface area contributed by atoms with Crippen LogP contribution in [0, 0.1) is 0 Å². The summed E-state index contributed by atoms with van der Waals surface area (Å²) >= 11 is 1.52. The standard InChI is InChI=1S/C25H37N3O7S/c1-25(2,3)35-24(33)27-18(13-14-36-5)23(32)28(16-9-8-10-16)21(17-11-6-7-12-19(17)29)22(31)26-15-20(30)34-4/h6-7,11-12,16,18,21,29H,8-10,13-15H2,1-5H3,(H,26,31)(H,27,33). The summed E-state index contributed by atoms with van der Waals surface area (Å²) < 4.78 is 9.99. The highest BCUT2D eigenvalue weighted by Crippen LogP contribution is 2.36. The van der Waals surface area contributed by atoms with Gasteiger partial charge in [0.2, 0.25) is 11.8 Å². The topological polar surface area (TPSA) is 134 Å². The third-order valence-electron chi connectivity index (χ3n) is 5.71. The number of rotatable bonds is 11.